The molecule has 0 bridgehead atoms. The van der Waals surface area contributed by atoms with Crippen LogP contribution in [0.4, 0.5) is 13.2 Å². The number of hydrogen-bond donors (Lipinski definition) is 0. The van der Waals surface area contributed by atoms with E-state index in [1.54, 1.807) is 27.8 Å². The molecule has 164 valence electrons. The Kier molecular flexibility index (Phi) is 5.05. The molecule has 0 atom stereocenters. The highest BCUT2D eigenvalue weighted by molar-refractivity contribution is 5.94. The Morgan fingerprint density at radius 1 is 0.909 bits per heavy atom. The van der Waals surface area contributed by atoms with Crippen LogP contribution in [0.2, 0.25) is 0 Å². The Hall–Kier alpha value is -4.20. The fourth-order valence-electron chi connectivity index (χ4n) is 3.74. The van der Waals surface area contributed by atoms with E-state index in [-0.39, 0.29) is 5.56 Å². The number of halogens is 3. The molecule has 0 amide bonds. The maximum absolute atomic E-state index is 13.0. The fraction of sp³-hybridized carbons (Fsp3) is 0.0800. The standard InChI is InChI=1S/C25H17F3N4O/c26-25(27,28)19-7-9-20(10-8-19)32-22-6-2-1-5-21(22)24(30-32)18-11-13-31(23(33)14-18)16-17-4-3-12-29-15-17/h1-15H,16H2. The van der Waals surface area contributed by atoms with Crippen molar-refractivity contribution >= 4 is 10.9 Å². The van der Waals surface area contributed by atoms with Crippen LogP contribution < -0.4 is 5.56 Å². The molecule has 5 aromatic rings. The van der Waals surface area contributed by atoms with Gasteiger partial charge in [0.05, 0.1) is 23.3 Å². The molecule has 8 heteroatoms. The maximum Gasteiger partial charge on any atom is 0.416 e. The minimum Gasteiger partial charge on any atom is -0.311 e. The summed E-state index contributed by atoms with van der Waals surface area (Å²) in [7, 11) is 0. The highest BCUT2D eigenvalue weighted by Crippen LogP contribution is 2.32. The molecule has 5 rings (SSSR count). The number of fused-ring (bicyclic) bond motifs is 1. The Morgan fingerprint density at radius 2 is 1.70 bits per heavy atom. The number of rotatable bonds is 4. The van der Waals surface area contributed by atoms with E-state index in [0.717, 1.165) is 28.6 Å². The first-order chi connectivity index (χ1) is 15.9. The largest absolute Gasteiger partial charge is 0.416 e. The van der Waals surface area contributed by atoms with Crippen LogP contribution in [0.25, 0.3) is 27.8 Å². The molecule has 0 saturated heterocycles. The van der Waals surface area contributed by atoms with Crippen LogP contribution >= 0.6 is 0 Å². The Morgan fingerprint density at radius 3 is 2.39 bits per heavy atom. The second-order valence-electron chi connectivity index (χ2n) is 7.57. The van der Waals surface area contributed by atoms with Crippen molar-refractivity contribution in [2.24, 2.45) is 0 Å². The zero-order valence-electron chi connectivity index (χ0n) is 17.2. The van der Waals surface area contributed by atoms with E-state index in [9.17, 15) is 18.0 Å². The summed E-state index contributed by atoms with van der Waals surface area (Å²) >= 11 is 0. The smallest absolute Gasteiger partial charge is 0.311 e. The van der Waals surface area contributed by atoms with Crippen molar-refractivity contribution in [1.82, 2.24) is 19.3 Å². The minimum atomic E-state index is -4.41. The molecule has 0 spiro atoms. The number of alkyl halides is 3. The molecule has 5 nitrogen and oxygen atoms in total. The van der Waals surface area contributed by atoms with Gasteiger partial charge in [-0.2, -0.15) is 18.3 Å². The van der Waals surface area contributed by atoms with Gasteiger partial charge in [0.25, 0.3) is 5.56 Å². The van der Waals surface area contributed by atoms with Crippen LogP contribution in [0.1, 0.15) is 11.1 Å². The first-order valence-electron chi connectivity index (χ1n) is 10.2. The normalized spacial score (nSPS) is 11.7. The zero-order valence-corrected chi connectivity index (χ0v) is 17.2. The Balaban J connectivity index is 1.56. The molecular formula is C25H17F3N4O. The van der Waals surface area contributed by atoms with Crippen LogP contribution in [-0.4, -0.2) is 19.3 Å². The summed E-state index contributed by atoms with van der Waals surface area (Å²) in [6, 6.07) is 19.3. The molecule has 0 aliphatic heterocycles. The predicted molar refractivity (Wildman–Crippen MR) is 119 cm³/mol. The van der Waals surface area contributed by atoms with Crippen LogP contribution in [0.3, 0.4) is 0 Å². The number of nitrogens with zero attached hydrogens (tertiary/aromatic N) is 4. The second-order valence-corrected chi connectivity index (χ2v) is 7.57. The van der Waals surface area contributed by atoms with Crippen LogP contribution in [0.5, 0.6) is 0 Å². The van der Waals surface area contributed by atoms with Crippen LogP contribution in [0.15, 0.2) is 96.2 Å². The third kappa shape index (κ3) is 4.03. The second kappa shape index (κ2) is 8.05. The van der Waals surface area contributed by atoms with Crippen molar-refractivity contribution in [3.05, 3.63) is 113 Å². The molecule has 3 aromatic heterocycles. The predicted octanol–water partition coefficient (Wildman–Crippen LogP) is 5.32. The van der Waals surface area contributed by atoms with Gasteiger partial charge in [0.1, 0.15) is 5.69 Å². The van der Waals surface area contributed by atoms with Gasteiger partial charge in [-0.25, -0.2) is 4.68 Å². The van der Waals surface area contributed by atoms with E-state index in [1.165, 1.54) is 18.2 Å². The van der Waals surface area contributed by atoms with E-state index in [0.29, 0.717) is 23.5 Å². The van der Waals surface area contributed by atoms with Gasteiger partial charge < -0.3 is 4.57 Å². The van der Waals surface area contributed by atoms with Gasteiger partial charge in [-0.3, -0.25) is 9.78 Å². The third-order valence-corrected chi connectivity index (χ3v) is 5.37. The monoisotopic (exact) mass is 446 g/mol. The van der Waals surface area contributed by atoms with Crippen molar-refractivity contribution in [1.29, 1.82) is 0 Å². The molecule has 0 fully saturated rings. The summed E-state index contributed by atoms with van der Waals surface area (Å²) in [5.74, 6) is 0. The van der Waals surface area contributed by atoms with Crippen molar-refractivity contribution in [3.8, 4) is 16.9 Å². The third-order valence-electron chi connectivity index (χ3n) is 5.37. The lowest BCUT2D eigenvalue weighted by Crippen LogP contribution is -2.19. The molecule has 0 radical (unpaired) electrons. The van der Waals surface area contributed by atoms with E-state index in [4.69, 9.17) is 0 Å². The highest BCUT2D eigenvalue weighted by atomic mass is 19.4. The summed E-state index contributed by atoms with van der Waals surface area (Å²) in [5, 5.41) is 5.45. The fourth-order valence-corrected chi connectivity index (χ4v) is 3.74. The van der Waals surface area contributed by atoms with Crippen molar-refractivity contribution in [2.75, 3.05) is 0 Å². The molecule has 0 saturated carbocycles. The first kappa shape index (κ1) is 20.7. The number of para-hydroxylation sites is 1. The van der Waals surface area contributed by atoms with Crippen LogP contribution in [-0.2, 0) is 12.7 Å². The maximum atomic E-state index is 13.0. The van der Waals surface area contributed by atoms with E-state index in [1.807, 2.05) is 42.5 Å². The number of benzene rings is 2. The number of pyridine rings is 2. The lowest BCUT2D eigenvalue weighted by molar-refractivity contribution is -0.137. The average molecular weight is 446 g/mol. The molecule has 3 heterocycles. The first-order valence-corrected chi connectivity index (χ1v) is 10.2. The molecule has 0 aliphatic carbocycles. The Bertz CT molecular complexity index is 1490. The summed E-state index contributed by atoms with van der Waals surface area (Å²) < 4.78 is 42.0. The zero-order chi connectivity index (χ0) is 23.0. The number of hydrogen-bond acceptors (Lipinski definition) is 3. The minimum absolute atomic E-state index is 0.190. The van der Waals surface area contributed by atoms with Crippen molar-refractivity contribution in [3.63, 3.8) is 0 Å². The lowest BCUT2D eigenvalue weighted by Gasteiger charge is -2.08. The van der Waals surface area contributed by atoms with Gasteiger partial charge in [0.2, 0.25) is 0 Å². The average Bonchev–Trinajstić information content (AvgIpc) is 3.20. The van der Waals surface area contributed by atoms with Crippen molar-refractivity contribution in [2.45, 2.75) is 12.7 Å². The van der Waals surface area contributed by atoms with Gasteiger partial charge in [0.15, 0.2) is 0 Å². The van der Waals surface area contributed by atoms with Gasteiger partial charge in [-0.15, -0.1) is 0 Å². The molecule has 2 aromatic carbocycles. The molecule has 33 heavy (non-hydrogen) atoms. The lowest BCUT2D eigenvalue weighted by atomic mass is 10.1. The van der Waals surface area contributed by atoms with Gasteiger partial charge >= 0.3 is 6.18 Å². The molecule has 0 unspecified atom stereocenters. The summed E-state index contributed by atoms with van der Waals surface area (Å²) in [5.41, 5.74) is 2.43. The summed E-state index contributed by atoms with van der Waals surface area (Å²) in [6.07, 6.45) is 0.680. The van der Waals surface area contributed by atoms with Gasteiger partial charge in [-0.1, -0.05) is 24.3 Å². The topological polar surface area (TPSA) is 52.7 Å². The molecule has 0 N–H and O–H groups in total. The van der Waals surface area contributed by atoms with E-state index < -0.39 is 11.7 Å². The highest BCUT2D eigenvalue weighted by Gasteiger charge is 2.30. The SMILES string of the molecule is O=c1cc(-c2nn(-c3ccc(C(F)(F)F)cc3)c3ccccc23)ccn1Cc1cccnc1. The summed E-state index contributed by atoms with van der Waals surface area (Å²) in [6.45, 7) is 0.397. The van der Waals surface area contributed by atoms with Crippen LogP contribution in [0, 0.1) is 0 Å². The van der Waals surface area contributed by atoms with E-state index >= 15 is 0 Å². The number of aromatic nitrogens is 4. The van der Waals surface area contributed by atoms with E-state index in [2.05, 4.69) is 10.1 Å². The quantitative estimate of drug-likeness (QED) is 0.376. The van der Waals surface area contributed by atoms with Crippen molar-refractivity contribution < 1.29 is 13.2 Å². The molecular weight excluding hydrogens is 429 g/mol. The molecule has 0 aliphatic rings. The van der Waals surface area contributed by atoms with Gasteiger partial charge in [-0.05, 0) is 48.0 Å². The summed E-state index contributed by atoms with van der Waals surface area (Å²) in [4.78, 5) is 16.8. The Labute approximate surface area is 186 Å². The van der Waals surface area contributed by atoms with Gasteiger partial charge in [0, 0.05) is 35.6 Å².